The Labute approximate surface area is 157 Å². The summed E-state index contributed by atoms with van der Waals surface area (Å²) in [5.41, 5.74) is 6.66. The van der Waals surface area contributed by atoms with Crippen molar-refractivity contribution in [2.75, 3.05) is 0 Å². The number of nitrogens with one attached hydrogen (secondary N) is 2. The molecule has 26 heavy (non-hydrogen) atoms. The van der Waals surface area contributed by atoms with Crippen molar-refractivity contribution in [1.29, 1.82) is 0 Å². The molecule has 2 heterocycles. The first-order valence-electron chi connectivity index (χ1n) is 10.6. The smallest absolute Gasteiger partial charge is 0.0907 e. The van der Waals surface area contributed by atoms with Gasteiger partial charge in [0.05, 0.1) is 17.1 Å². The lowest BCUT2D eigenvalue weighted by atomic mass is 9.53. The van der Waals surface area contributed by atoms with E-state index in [1.54, 1.807) is 0 Å². The standard InChI is InChI=1S/C23H31N3/c1-3-18-19(4-2)22(20-6-5-7-24-20)26-21(18)14-25-23-11-15-8-16(12-23)10-17(9-15)13-23/h5-7,14-17,24-25H,3-4,8-13H2,1-2H3/b21-14+. The molecule has 0 atom stereocenters. The molecule has 1 aromatic rings. The van der Waals surface area contributed by atoms with Crippen molar-refractivity contribution >= 4 is 5.71 Å². The molecular weight excluding hydrogens is 318 g/mol. The van der Waals surface area contributed by atoms with Crippen LogP contribution in [0.25, 0.3) is 0 Å². The number of aromatic amines is 1. The zero-order valence-electron chi connectivity index (χ0n) is 16.1. The number of aromatic nitrogens is 1. The fourth-order valence-electron chi connectivity index (χ4n) is 6.66. The Kier molecular flexibility index (Phi) is 3.88. The van der Waals surface area contributed by atoms with Crippen molar-refractivity contribution in [2.45, 2.75) is 70.8 Å². The summed E-state index contributed by atoms with van der Waals surface area (Å²) in [5, 5.41) is 3.93. The van der Waals surface area contributed by atoms with Crippen LogP contribution < -0.4 is 5.32 Å². The van der Waals surface area contributed by atoms with E-state index in [-0.39, 0.29) is 0 Å². The van der Waals surface area contributed by atoms with Crippen LogP contribution in [-0.4, -0.2) is 16.2 Å². The van der Waals surface area contributed by atoms with Crippen LogP contribution in [-0.2, 0) is 0 Å². The van der Waals surface area contributed by atoms with E-state index in [1.165, 1.54) is 55.4 Å². The van der Waals surface area contributed by atoms with Crippen LogP contribution >= 0.6 is 0 Å². The molecule has 1 aromatic heterocycles. The minimum Gasteiger partial charge on any atom is -0.384 e. The first-order chi connectivity index (χ1) is 12.7. The molecule has 4 fully saturated rings. The van der Waals surface area contributed by atoms with Gasteiger partial charge in [0.25, 0.3) is 0 Å². The molecule has 2 N–H and O–H groups in total. The maximum Gasteiger partial charge on any atom is 0.0907 e. The number of aliphatic imine (C=N–C) groups is 1. The summed E-state index contributed by atoms with van der Waals surface area (Å²) in [5.74, 6) is 2.92. The van der Waals surface area contributed by atoms with Gasteiger partial charge in [0.15, 0.2) is 0 Å². The monoisotopic (exact) mass is 349 g/mol. The van der Waals surface area contributed by atoms with Gasteiger partial charge in [0.2, 0.25) is 0 Å². The summed E-state index contributed by atoms with van der Waals surface area (Å²) < 4.78 is 0. The molecule has 5 aliphatic rings. The van der Waals surface area contributed by atoms with Gasteiger partial charge in [-0.25, -0.2) is 4.99 Å². The Bertz CT molecular complexity index is 743. The molecule has 0 radical (unpaired) electrons. The highest BCUT2D eigenvalue weighted by atomic mass is 15.0. The Morgan fingerprint density at radius 3 is 2.27 bits per heavy atom. The van der Waals surface area contributed by atoms with Crippen LogP contribution in [0.5, 0.6) is 0 Å². The molecule has 1 aliphatic heterocycles. The molecular formula is C23H31N3. The number of hydrogen-bond acceptors (Lipinski definition) is 2. The molecule has 6 rings (SSSR count). The summed E-state index contributed by atoms with van der Waals surface area (Å²) in [7, 11) is 0. The van der Waals surface area contributed by atoms with Gasteiger partial charge in [-0.05, 0) is 92.4 Å². The van der Waals surface area contributed by atoms with Crippen molar-refractivity contribution in [1.82, 2.24) is 10.3 Å². The number of nitrogens with zero attached hydrogens (tertiary/aromatic N) is 1. The molecule has 0 amide bonds. The third-order valence-corrected chi connectivity index (χ3v) is 7.31. The molecule has 4 aliphatic carbocycles. The third kappa shape index (κ3) is 2.59. The first-order valence-corrected chi connectivity index (χ1v) is 10.6. The molecule has 0 unspecified atom stereocenters. The van der Waals surface area contributed by atoms with Crippen LogP contribution in [0.15, 0.2) is 46.4 Å². The SMILES string of the molecule is CCC1=C(CC)/C(=C\NC23CC4CC(CC(C4)C2)C3)N=C1c1ccc[nH]1. The van der Waals surface area contributed by atoms with E-state index in [4.69, 9.17) is 4.99 Å². The second-order valence-electron chi connectivity index (χ2n) is 9.08. The van der Waals surface area contributed by atoms with Gasteiger partial charge in [-0.2, -0.15) is 0 Å². The van der Waals surface area contributed by atoms with Crippen LogP contribution in [0.1, 0.15) is 70.9 Å². The second kappa shape index (κ2) is 6.14. The number of rotatable bonds is 5. The Morgan fingerprint density at radius 2 is 1.73 bits per heavy atom. The number of hydrogen-bond donors (Lipinski definition) is 2. The minimum absolute atomic E-state index is 0.359. The summed E-state index contributed by atoms with van der Waals surface area (Å²) in [6, 6.07) is 4.20. The topological polar surface area (TPSA) is 40.2 Å². The molecule has 0 spiro atoms. The Balaban J connectivity index is 1.45. The van der Waals surface area contributed by atoms with E-state index in [0.717, 1.165) is 42.0 Å². The molecule has 0 aromatic carbocycles. The molecule has 0 saturated heterocycles. The summed E-state index contributed by atoms with van der Waals surface area (Å²) in [4.78, 5) is 8.41. The summed E-state index contributed by atoms with van der Waals surface area (Å²) in [6.07, 6.45) is 15.0. The Morgan fingerprint density at radius 1 is 1.08 bits per heavy atom. The molecule has 3 nitrogen and oxygen atoms in total. The molecule has 138 valence electrons. The van der Waals surface area contributed by atoms with Crippen LogP contribution in [0.4, 0.5) is 0 Å². The van der Waals surface area contributed by atoms with Gasteiger partial charge < -0.3 is 10.3 Å². The lowest BCUT2D eigenvalue weighted by Crippen LogP contribution is -2.57. The average Bonchev–Trinajstić information content (AvgIpc) is 3.25. The van der Waals surface area contributed by atoms with Crippen LogP contribution in [0.2, 0.25) is 0 Å². The van der Waals surface area contributed by atoms with Gasteiger partial charge in [-0.3, -0.25) is 0 Å². The lowest BCUT2D eigenvalue weighted by Gasteiger charge is -2.57. The lowest BCUT2D eigenvalue weighted by molar-refractivity contribution is -0.0130. The van der Waals surface area contributed by atoms with E-state index < -0.39 is 0 Å². The van der Waals surface area contributed by atoms with Crippen molar-refractivity contribution in [2.24, 2.45) is 22.7 Å². The third-order valence-electron chi connectivity index (χ3n) is 7.31. The molecule has 4 saturated carbocycles. The van der Waals surface area contributed by atoms with Gasteiger partial charge in [0.1, 0.15) is 0 Å². The minimum atomic E-state index is 0.359. The van der Waals surface area contributed by atoms with Crippen molar-refractivity contribution in [3.63, 3.8) is 0 Å². The predicted molar refractivity (Wildman–Crippen MR) is 107 cm³/mol. The van der Waals surface area contributed by atoms with E-state index >= 15 is 0 Å². The molecule has 4 bridgehead atoms. The predicted octanol–water partition coefficient (Wildman–Crippen LogP) is 5.33. The van der Waals surface area contributed by atoms with E-state index in [2.05, 4.69) is 42.5 Å². The van der Waals surface area contributed by atoms with Crippen LogP contribution in [0.3, 0.4) is 0 Å². The highest BCUT2D eigenvalue weighted by molar-refractivity contribution is 6.14. The van der Waals surface area contributed by atoms with Gasteiger partial charge in [-0.15, -0.1) is 0 Å². The molecule has 3 heteroatoms. The first kappa shape index (κ1) is 16.4. The number of allylic oxidation sites excluding steroid dienone is 2. The largest absolute Gasteiger partial charge is 0.384 e. The summed E-state index contributed by atoms with van der Waals surface area (Å²) in [6.45, 7) is 4.51. The fraction of sp³-hybridized carbons (Fsp3) is 0.609. The van der Waals surface area contributed by atoms with Gasteiger partial charge >= 0.3 is 0 Å². The maximum atomic E-state index is 5.06. The van der Waals surface area contributed by atoms with E-state index in [0.29, 0.717) is 5.54 Å². The highest BCUT2D eigenvalue weighted by Crippen LogP contribution is 2.55. The van der Waals surface area contributed by atoms with Gasteiger partial charge in [0, 0.05) is 17.9 Å². The fourth-order valence-corrected chi connectivity index (χ4v) is 6.66. The van der Waals surface area contributed by atoms with Crippen molar-refractivity contribution in [3.05, 3.63) is 47.1 Å². The average molecular weight is 350 g/mol. The summed E-state index contributed by atoms with van der Waals surface area (Å²) >= 11 is 0. The quantitative estimate of drug-likeness (QED) is 0.740. The van der Waals surface area contributed by atoms with Crippen LogP contribution in [0, 0.1) is 17.8 Å². The normalized spacial score (nSPS) is 36.9. The number of H-pyrrole nitrogens is 1. The maximum absolute atomic E-state index is 5.06. The highest BCUT2D eigenvalue weighted by Gasteiger charge is 2.50. The zero-order valence-corrected chi connectivity index (χ0v) is 16.1. The van der Waals surface area contributed by atoms with E-state index in [1.807, 2.05) is 6.20 Å². The zero-order chi connectivity index (χ0) is 17.7. The van der Waals surface area contributed by atoms with Crippen molar-refractivity contribution in [3.8, 4) is 0 Å². The second-order valence-corrected chi connectivity index (χ2v) is 9.08. The van der Waals surface area contributed by atoms with E-state index in [9.17, 15) is 0 Å². The van der Waals surface area contributed by atoms with Crippen molar-refractivity contribution < 1.29 is 0 Å². The Hall–Kier alpha value is -1.77. The van der Waals surface area contributed by atoms with Gasteiger partial charge in [-0.1, -0.05) is 13.8 Å².